The van der Waals surface area contributed by atoms with Crippen LogP contribution in [-0.2, 0) is 11.2 Å². The van der Waals surface area contributed by atoms with Gasteiger partial charge in [0.1, 0.15) is 0 Å². The minimum atomic E-state index is -0.965. The average Bonchev–Trinajstić information content (AvgIpc) is 2.69. The standard InChI is InChI=1S/C23H28N2O5/c1-4-29-20-12-16-9-10-25(23(28)24-17-8-6-7-15(3)11-17)19(14-22(26)27)18(16)13-21(20)30-5-2/h6-8,11-13,19H,4-5,9-10,14H2,1-3H3,(H,24,28)(H,26,27). The lowest BCUT2D eigenvalue weighted by Gasteiger charge is -2.37. The molecule has 0 saturated carbocycles. The second-order valence-corrected chi connectivity index (χ2v) is 7.22. The van der Waals surface area contributed by atoms with Crippen LogP contribution in [-0.4, -0.2) is 41.8 Å². The topological polar surface area (TPSA) is 88.1 Å². The number of nitrogens with zero attached hydrogens (tertiary/aromatic N) is 1. The number of anilines is 1. The molecule has 1 aliphatic rings. The maximum atomic E-state index is 13.0. The highest BCUT2D eigenvalue weighted by molar-refractivity contribution is 5.90. The Balaban J connectivity index is 1.94. The van der Waals surface area contributed by atoms with Gasteiger partial charge in [-0.2, -0.15) is 0 Å². The van der Waals surface area contributed by atoms with Crippen molar-refractivity contribution in [1.29, 1.82) is 0 Å². The molecule has 1 atom stereocenters. The number of amides is 2. The van der Waals surface area contributed by atoms with Gasteiger partial charge in [0.15, 0.2) is 11.5 Å². The fourth-order valence-corrected chi connectivity index (χ4v) is 3.79. The number of carboxylic acids is 1. The molecule has 3 rings (SSSR count). The maximum absolute atomic E-state index is 13.0. The number of hydrogen-bond donors (Lipinski definition) is 2. The summed E-state index contributed by atoms with van der Waals surface area (Å²) in [7, 11) is 0. The van der Waals surface area contributed by atoms with Crippen molar-refractivity contribution < 1.29 is 24.2 Å². The second-order valence-electron chi connectivity index (χ2n) is 7.22. The van der Waals surface area contributed by atoms with Gasteiger partial charge in [-0.25, -0.2) is 4.79 Å². The zero-order chi connectivity index (χ0) is 21.7. The summed E-state index contributed by atoms with van der Waals surface area (Å²) >= 11 is 0. The van der Waals surface area contributed by atoms with Gasteiger partial charge >= 0.3 is 12.0 Å². The van der Waals surface area contributed by atoms with Crippen molar-refractivity contribution in [3.05, 3.63) is 53.1 Å². The fourth-order valence-electron chi connectivity index (χ4n) is 3.79. The van der Waals surface area contributed by atoms with Gasteiger partial charge in [-0.15, -0.1) is 0 Å². The monoisotopic (exact) mass is 412 g/mol. The predicted octanol–water partition coefficient (Wildman–Crippen LogP) is 4.40. The lowest BCUT2D eigenvalue weighted by atomic mass is 9.90. The van der Waals surface area contributed by atoms with Crippen LogP contribution in [0.5, 0.6) is 11.5 Å². The van der Waals surface area contributed by atoms with E-state index in [1.54, 1.807) is 4.90 Å². The van der Waals surface area contributed by atoms with Crippen LogP contribution in [0.2, 0.25) is 0 Å². The molecule has 160 valence electrons. The molecule has 0 saturated heterocycles. The smallest absolute Gasteiger partial charge is 0.322 e. The van der Waals surface area contributed by atoms with Crippen molar-refractivity contribution in [2.75, 3.05) is 25.1 Å². The van der Waals surface area contributed by atoms with Gasteiger partial charge in [-0.05, 0) is 68.1 Å². The van der Waals surface area contributed by atoms with Crippen LogP contribution in [0.15, 0.2) is 36.4 Å². The number of nitrogens with one attached hydrogen (secondary N) is 1. The molecular weight excluding hydrogens is 384 g/mol. The van der Waals surface area contributed by atoms with Crippen LogP contribution in [0.1, 0.15) is 43.0 Å². The third-order valence-electron chi connectivity index (χ3n) is 5.06. The summed E-state index contributed by atoms with van der Waals surface area (Å²) in [5.74, 6) is 0.243. The SMILES string of the molecule is CCOc1cc2c(cc1OCC)C(CC(=O)O)N(C(=O)Nc1cccc(C)c1)CC2. The van der Waals surface area contributed by atoms with Crippen molar-refractivity contribution in [2.24, 2.45) is 0 Å². The first-order valence-corrected chi connectivity index (χ1v) is 10.2. The van der Waals surface area contributed by atoms with Crippen LogP contribution in [0.25, 0.3) is 0 Å². The molecule has 0 bridgehead atoms. The first kappa shape index (κ1) is 21.5. The largest absolute Gasteiger partial charge is 0.490 e. The summed E-state index contributed by atoms with van der Waals surface area (Å²) in [5.41, 5.74) is 3.48. The van der Waals surface area contributed by atoms with E-state index < -0.39 is 12.0 Å². The van der Waals surface area contributed by atoms with Crippen molar-refractivity contribution in [2.45, 2.75) is 39.7 Å². The predicted molar refractivity (Wildman–Crippen MR) is 114 cm³/mol. The molecule has 0 aromatic heterocycles. The maximum Gasteiger partial charge on any atom is 0.322 e. The van der Waals surface area contributed by atoms with Gasteiger partial charge < -0.3 is 24.8 Å². The Hall–Kier alpha value is -3.22. The van der Waals surface area contributed by atoms with E-state index in [4.69, 9.17) is 9.47 Å². The molecule has 1 heterocycles. The molecule has 2 N–H and O–H groups in total. The third kappa shape index (κ3) is 4.84. The average molecular weight is 412 g/mol. The molecule has 30 heavy (non-hydrogen) atoms. The van der Waals surface area contributed by atoms with E-state index in [1.165, 1.54) is 0 Å². The van der Waals surface area contributed by atoms with Gasteiger partial charge in [-0.1, -0.05) is 12.1 Å². The molecule has 2 aromatic rings. The minimum Gasteiger partial charge on any atom is -0.490 e. The van der Waals surface area contributed by atoms with E-state index in [0.717, 1.165) is 16.7 Å². The summed E-state index contributed by atoms with van der Waals surface area (Å²) in [4.78, 5) is 26.2. The Bertz CT molecular complexity index is 928. The Morgan fingerprint density at radius 2 is 1.83 bits per heavy atom. The van der Waals surface area contributed by atoms with Gasteiger partial charge in [0.05, 0.1) is 25.7 Å². The fraction of sp³-hybridized carbons (Fsp3) is 0.391. The van der Waals surface area contributed by atoms with Crippen molar-refractivity contribution in [1.82, 2.24) is 4.90 Å². The number of aryl methyl sites for hydroxylation is 1. The van der Waals surface area contributed by atoms with Crippen LogP contribution in [0.4, 0.5) is 10.5 Å². The number of rotatable bonds is 7. The van der Waals surface area contributed by atoms with E-state index in [1.807, 2.05) is 57.2 Å². The number of fused-ring (bicyclic) bond motifs is 1. The van der Waals surface area contributed by atoms with Crippen LogP contribution >= 0.6 is 0 Å². The molecule has 0 radical (unpaired) electrons. The molecule has 2 aromatic carbocycles. The molecule has 7 heteroatoms. The number of aliphatic carboxylic acids is 1. The molecular formula is C23H28N2O5. The van der Waals surface area contributed by atoms with Crippen molar-refractivity contribution >= 4 is 17.7 Å². The van der Waals surface area contributed by atoms with Crippen LogP contribution in [0, 0.1) is 6.92 Å². The number of ether oxygens (including phenoxy) is 2. The summed E-state index contributed by atoms with van der Waals surface area (Å²) in [6, 6.07) is 10.3. The first-order valence-electron chi connectivity index (χ1n) is 10.2. The van der Waals surface area contributed by atoms with Crippen LogP contribution in [0.3, 0.4) is 0 Å². The van der Waals surface area contributed by atoms with E-state index >= 15 is 0 Å². The number of carboxylic acid groups (broad SMARTS) is 1. The highest BCUT2D eigenvalue weighted by Gasteiger charge is 2.34. The number of urea groups is 1. The Morgan fingerprint density at radius 3 is 2.47 bits per heavy atom. The van der Waals surface area contributed by atoms with Crippen molar-refractivity contribution in [3.63, 3.8) is 0 Å². The van der Waals surface area contributed by atoms with Gasteiger partial charge in [0, 0.05) is 12.2 Å². The lowest BCUT2D eigenvalue weighted by molar-refractivity contribution is -0.138. The molecule has 0 fully saturated rings. The van der Waals surface area contributed by atoms with Gasteiger partial charge in [0.25, 0.3) is 0 Å². The second kappa shape index (κ2) is 9.52. The summed E-state index contributed by atoms with van der Waals surface area (Å²) in [6.45, 7) is 7.11. The highest BCUT2D eigenvalue weighted by Crippen LogP contribution is 2.40. The molecule has 2 amide bonds. The number of carbonyl (C=O) groups excluding carboxylic acids is 1. The van der Waals surface area contributed by atoms with E-state index in [9.17, 15) is 14.7 Å². The zero-order valence-corrected chi connectivity index (χ0v) is 17.6. The molecule has 0 spiro atoms. The zero-order valence-electron chi connectivity index (χ0n) is 17.6. The minimum absolute atomic E-state index is 0.187. The number of benzene rings is 2. The van der Waals surface area contributed by atoms with E-state index in [-0.39, 0.29) is 12.5 Å². The lowest BCUT2D eigenvalue weighted by Crippen LogP contribution is -2.43. The molecule has 1 aliphatic heterocycles. The Labute approximate surface area is 176 Å². The molecule has 0 aliphatic carbocycles. The highest BCUT2D eigenvalue weighted by atomic mass is 16.5. The van der Waals surface area contributed by atoms with Gasteiger partial charge in [-0.3, -0.25) is 4.79 Å². The quantitative estimate of drug-likeness (QED) is 0.704. The number of carbonyl (C=O) groups is 2. The summed E-state index contributed by atoms with van der Waals surface area (Å²) in [5, 5.41) is 12.4. The molecule has 1 unspecified atom stereocenters. The summed E-state index contributed by atoms with van der Waals surface area (Å²) < 4.78 is 11.4. The Morgan fingerprint density at radius 1 is 1.13 bits per heavy atom. The van der Waals surface area contributed by atoms with E-state index in [2.05, 4.69) is 5.32 Å². The van der Waals surface area contributed by atoms with E-state index in [0.29, 0.717) is 43.4 Å². The van der Waals surface area contributed by atoms with Crippen molar-refractivity contribution in [3.8, 4) is 11.5 Å². The van der Waals surface area contributed by atoms with Crippen LogP contribution < -0.4 is 14.8 Å². The first-order chi connectivity index (χ1) is 14.4. The van der Waals surface area contributed by atoms with Gasteiger partial charge in [0.2, 0.25) is 0 Å². The molecule has 7 nitrogen and oxygen atoms in total. The summed E-state index contributed by atoms with van der Waals surface area (Å²) in [6.07, 6.45) is 0.424. The third-order valence-corrected chi connectivity index (χ3v) is 5.06. The number of hydrogen-bond acceptors (Lipinski definition) is 4. The normalized spacial score (nSPS) is 15.3. The Kier molecular flexibility index (Phi) is 6.82.